The molecule has 1 atom stereocenters. The zero-order valence-corrected chi connectivity index (χ0v) is 15.0. The number of rotatable bonds is 7. The maximum absolute atomic E-state index is 11.5. The van der Waals surface area contributed by atoms with Crippen molar-refractivity contribution >= 4 is 15.8 Å². The Kier molecular flexibility index (Phi) is 5.85. The predicted octanol–water partition coefficient (Wildman–Crippen LogP) is 3.40. The molecule has 0 bridgehead atoms. The highest BCUT2D eigenvalue weighted by Crippen LogP contribution is 2.26. The number of ether oxygens (including phenoxy) is 1. The molecule has 0 amide bonds. The fraction of sp³-hybridized carbons (Fsp3) is 0.333. The van der Waals surface area contributed by atoms with Gasteiger partial charge in [-0.1, -0.05) is 24.3 Å². The van der Waals surface area contributed by atoms with Crippen LogP contribution in [0.25, 0.3) is 0 Å². The van der Waals surface area contributed by atoms with Gasteiger partial charge < -0.3 is 9.64 Å². The summed E-state index contributed by atoms with van der Waals surface area (Å²) in [7, 11) is -2.94. The first-order chi connectivity index (χ1) is 11.4. The molecule has 130 valence electrons. The number of benzene rings is 2. The van der Waals surface area contributed by atoms with E-state index in [2.05, 4.69) is 30.9 Å². The third kappa shape index (κ3) is 4.27. The van der Waals surface area contributed by atoms with Crippen molar-refractivity contribution in [3.8, 4) is 5.75 Å². The molecule has 0 heterocycles. The van der Waals surface area contributed by atoms with Crippen LogP contribution in [-0.4, -0.2) is 32.7 Å². The van der Waals surface area contributed by atoms with E-state index in [1.54, 1.807) is 6.07 Å². The molecule has 0 aliphatic heterocycles. The molecular formula is C18H23NO4S. The number of nitrogens with zero attached hydrogens (tertiary/aromatic N) is 1. The first kappa shape index (κ1) is 18.3. The van der Waals surface area contributed by atoms with E-state index in [0.29, 0.717) is 6.42 Å². The van der Waals surface area contributed by atoms with Crippen molar-refractivity contribution in [3.05, 3.63) is 54.1 Å². The first-order valence-electron chi connectivity index (χ1n) is 7.83. The van der Waals surface area contributed by atoms with Crippen molar-refractivity contribution in [2.75, 3.05) is 18.6 Å². The Balaban J connectivity index is 2.27. The average Bonchev–Trinajstić information content (AvgIpc) is 2.55. The second-order valence-corrected chi connectivity index (χ2v) is 7.02. The molecule has 0 aliphatic carbocycles. The summed E-state index contributed by atoms with van der Waals surface area (Å²) in [6.45, 7) is 5.02. The van der Waals surface area contributed by atoms with E-state index >= 15 is 0 Å². The topological polar surface area (TPSA) is 66.8 Å². The van der Waals surface area contributed by atoms with Crippen molar-refractivity contribution in [1.29, 1.82) is 0 Å². The molecule has 0 radical (unpaired) electrons. The zero-order valence-electron chi connectivity index (χ0n) is 14.1. The van der Waals surface area contributed by atoms with Crippen molar-refractivity contribution in [2.24, 2.45) is 0 Å². The molecular weight excluding hydrogens is 326 g/mol. The third-order valence-electron chi connectivity index (χ3n) is 4.00. The molecule has 0 saturated heterocycles. The number of likely N-dealkylation sites (N-methyl/N-ethyl adjacent to an activating group) is 1. The zero-order chi connectivity index (χ0) is 17.7. The summed E-state index contributed by atoms with van der Waals surface area (Å²) in [4.78, 5) is 2.05. The Hall–Kier alpha value is -2.05. The first-order valence-corrected chi connectivity index (χ1v) is 9.27. The molecule has 1 unspecified atom stereocenters. The van der Waals surface area contributed by atoms with Gasteiger partial charge in [-0.25, -0.2) is 0 Å². The van der Waals surface area contributed by atoms with Gasteiger partial charge in [-0.15, -0.1) is 0 Å². The Morgan fingerprint density at radius 2 is 1.83 bits per heavy atom. The maximum atomic E-state index is 11.5. The summed E-state index contributed by atoms with van der Waals surface area (Å²) < 4.78 is 37.4. The summed E-state index contributed by atoms with van der Waals surface area (Å²) in [5, 5.41) is 0. The monoisotopic (exact) mass is 349 g/mol. The second-order valence-electron chi connectivity index (χ2n) is 5.63. The standard InChI is InChI=1S/C18H23NO4S/c1-4-19(16-8-6-5-7-9-16)14(2)12-15-10-11-17(23-3)18(13-15)24(20,21)22/h5-11,13-14H,4,12H2,1-3H3,(H,20,21,22). The highest BCUT2D eigenvalue weighted by atomic mass is 32.2. The summed E-state index contributed by atoms with van der Waals surface area (Å²) in [5.41, 5.74) is 1.95. The largest absolute Gasteiger partial charge is 0.495 e. The molecule has 0 aliphatic rings. The summed E-state index contributed by atoms with van der Waals surface area (Å²) in [5.74, 6) is 0.143. The number of hydrogen-bond donors (Lipinski definition) is 1. The smallest absolute Gasteiger partial charge is 0.298 e. The van der Waals surface area contributed by atoms with E-state index in [-0.39, 0.29) is 16.7 Å². The van der Waals surface area contributed by atoms with Crippen LogP contribution in [0.2, 0.25) is 0 Å². The molecule has 1 N–H and O–H groups in total. The number of anilines is 1. The second kappa shape index (κ2) is 7.68. The summed E-state index contributed by atoms with van der Waals surface area (Å²) >= 11 is 0. The molecule has 0 aromatic heterocycles. The van der Waals surface area contributed by atoms with Crippen molar-refractivity contribution in [1.82, 2.24) is 0 Å². The maximum Gasteiger partial charge on any atom is 0.298 e. The van der Waals surface area contributed by atoms with Gasteiger partial charge in [0.2, 0.25) is 0 Å². The molecule has 0 fully saturated rings. The third-order valence-corrected chi connectivity index (χ3v) is 4.87. The van der Waals surface area contributed by atoms with Crippen LogP contribution in [0.15, 0.2) is 53.4 Å². The molecule has 5 nitrogen and oxygen atoms in total. The van der Waals surface area contributed by atoms with Gasteiger partial charge in [0.1, 0.15) is 10.6 Å². The molecule has 0 saturated carbocycles. The van der Waals surface area contributed by atoms with Crippen molar-refractivity contribution < 1.29 is 17.7 Å². The summed E-state index contributed by atoms with van der Waals surface area (Å²) in [6, 6.07) is 15.1. The minimum absolute atomic E-state index is 0.143. The van der Waals surface area contributed by atoms with Gasteiger partial charge in [-0.05, 0) is 50.1 Å². The van der Waals surface area contributed by atoms with Gasteiger partial charge in [0.15, 0.2) is 0 Å². The Labute approximate surface area is 143 Å². The van der Waals surface area contributed by atoms with Crippen LogP contribution in [0, 0.1) is 0 Å². The minimum atomic E-state index is -4.32. The fourth-order valence-corrected chi connectivity index (χ4v) is 3.58. The Bertz CT molecular complexity index is 775. The van der Waals surface area contributed by atoms with Crippen LogP contribution >= 0.6 is 0 Å². The minimum Gasteiger partial charge on any atom is -0.495 e. The van der Waals surface area contributed by atoms with E-state index in [9.17, 15) is 13.0 Å². The van der Waals surface area contributed by atoms with Gasteiger partial charge >= 0.3 is 0 Å². The Morgan fingerprint density at radius 3 is 2.38 bits per heavy atom. The van der Waals surface area contributed by atoms with Crippen LogP contribution < -0.4 is 9.64 Å². The highest BCUT2D eigenvalue weighted by molar-refractivity contribution is 7.86. The molecule has 2 aromatic carbocycles. The van der Waals surface area contributed by atoms with Crippen LogP contribution in [0.5, 0.6) is 5.75 Å². The molecule has 2 aromatic rings. The van der Waals surface area contributed by atoms with Gasteiger partial charge in [0.05, 0.1) is 7.11 Å². The highest BCUT2D eigenvalue weighted by Gasteiger charge is 2.19. The van der Waals surface area contributed by atoms with Crippen molar-refractivity contribution in [3.63, 3.8) is 0 Å². The van der Waals surface area contributed by atoms with Gasteiger partial charge in [-0.2, -0.15) is 8.42 Å². The lowest BCUT2D eigenvalue weighted by Crippen LogP contribution is -2.34. The molecule has 2 rings (SSSR count). The Morgan fingerprint density at radius 1 is 1.17 bits per heavy atom. The van der Waals surface area contributed by atoms with E-state index in [0.717, 1.165) is 17.8 Å². The normalized spacial score (nSPS) is 12.7. The lowest BCUT2D eigenvalue weighted by atomic mass is 10.0. The lowest BCUT2D eigenvalue weighted by Gasteiger charge is -2.30. The average molecular weight is 349 g/mol. The van der Waals surface area contributed by atoms with E-state index < -0.39 is 10.1 Å². The van der Waals surface area contributed by atoms with Gasteiger partial charge in [0, 0.05) is 18.3 Å². The molecule has 0 spiro atoms. The van der Waals surface area contributed by atoms with E-state index in [1.807, 2.05) is 24.3 Å². The quantitative estimate of drug-likeness (QED) is 0.776. The molecule has 24 heavy (non-hydrogen) atoms. The van der Waals surface area contributed by atoms with Crippen LogP contribution in [-0.2, 0) is 16.5 Å². The lowest BCUT2D eigenvalue weighted by molar-refractivity contribution is 0.397. The number of methoxy groups -OCH3 is 1. The predicted molar refractivity (Wildman–Crippen MR) is 95.4 cm³/mol. The van der Waals surface area contributed by atoms with Crippen LogP contribution in [0.1, 0.15) is 19.4 Å². The van der Waals surface area contributed by atoms with Crippen LogP contribution in [0.3, 0.4) is 0 Å². The number of para-hydroxylation sites is 1. The SMILES string of the molecule is CCN(c1ccccc1)C(C)Cc1ccc(OC)c(S(=O)(=O)O)c1. The van der Waals surface area contributed by atoms with E-state index in [1.165, 1.54) is 13.2 Å². The fourth-order valence-electron chi connectivity index (χ4n) is 2.87. The molecule has 6 heteroatoms. The van der Waals surface area contributed by atoms with Gasteiger partial charge in [-0.3, -0.25) is 4.55 Å². The van der Waals surface area contributed by atoms with Gasteiger partial charge in [0.25, 0.3) is 10.1 Å². The summed E-state index contributed by atoms with van der Waals surface area (Å²) in [6.07, 6.45) is 0.648. The van der Waals surface area contributed by atoms with Crippen LogP contribution in [0.4, 0.5) is 5.69 Å². The van der Waals surface area contributed by atoms with Crippen molar-refractivity contribution in [2.45, 2.75) is 31.2 Å². The number of hydrogen-bond acceptors (Lipinski definition) is 4. The van der Waals surface area contributed by atoms with E-state index in [4.69, 9.17) is 4.74 Å².